The maximum atomic E-state index is 3.66. The van der Waals surface area contributed by atoms with Gasteiger partial charge in [-0.1, -0.05) is 18.2 Å². The van der Waals surface area contributed by atoms with Crippen LogP contribution in [0.4, 0.5) is 0 Å². The van der Waals surface area contributed by atoms with Crippen LogP contribution in [0.2, 0.25) is 0 Å². The number of aryl methyl sites for hydroxylation is 2. The predicted molar refractivity (Wildman–Crippen MR) is 85.0 cm³/mol. The fourth-order valence-corrected chi connectivity index (χ4v) is 3.39. The number of benzene rings is 1. The number of rotatable bonds is 4. The number of piperidine rings is 1. The van der Waals surface area contributed by atoms with Gasteiger partial charge < -0.3 is 15.2 Å². The van der Waals surface area contributed by atoms with E-state index in [0.29, 0.717) is 0 Å². The van der Waals surface area contributed by atoms with Gasteiger partial charge in [-0.25, -0.2) is 0 Å². The van der Waals surface area contributed by atoms with Crippen LogP contribution in [0.1, 0.15) is 24.0 Å². The molecule has 0 amide bonds. The first kappa shape index (κ1) is 13.7. The zero-order chi connectivity index (χ0) is 13.9. The Balaban J connectivity index is 1.67. The number of nitrogens with one attached hydrogen (secondary N) is 2. The van der Waals surface area contributed by atoms with Crippen molar-refractivity contribution in [2.45, 2.75) is 26.3 Å². The summed E-state index contributed by atoms with van der Waals surface area (Å²) in [6.07, 6.45) is 4.89. The second-order valence-electron chi connectivity index (χ2n) is 6.06. The van der Waals surface area contributed by atoms with E-state index in [9.17, 15) is 0 Å². The normalized spacial score (nSPS) is 16.9. The molecular formula is C17H25N3. The van der Waals surface area contributed by atoms with Gasteiger partial charge in [0.15, 0.2) is 0 Å². The number of aromatic nitrogens is 1. The second kappa shape index (κ2) is 5.98. The Hall–Kier alpha value is -1.32. The molecule has 1 saturated heterocycles. The lowest BCUT2D eigenvalue weighted by atomic mass is 9.98. The highest BCUT2D eigenvalue weighted by Gasteiger charge is 2.13. The molecular weight excluding hydrogens is 246 g/mol. The highest BCUT2D eigenvalue weighted by atomic mass is 14.9. The minimum atomic E-state index is 0.841. The third-order valence-electron chi connectivity index (χ3n) is 4.49. The summed E-state index contributed by atoms with van der Waals surface area (Å²) >= 11 is 0. The molecule has 3 rings (SSSR count). The Bertz CT molecular complexity index is 579. The summed E-state index contributed by atoms with van der Waals surface area (Å²) in [7, 11) is 2.14. The molecule has 0 bridgehead atoms. The van der Waals surface area contributed by atoms with Crippen LogP contribution >= 0.6 is 0 Å². The van der Waals surface area contributed by atoms with Crippen LogP contribution in [-0.2, 0) is 13.6 Å². The molecule has 1 aromatic heterocycles. The van der Waals surface area contributed by atoms with Crippen molar-refractivity contribution in [3.8, 4) is 0 Å². The maximum Gasteiger partial charge on any atom is 0.0510 e. The summed E-state index contributed by atoms with van der Waals surface area (Å²) in [6, 6.07) is 6.59. The van der Waals surface area contributed by atoms with Crippen LogP contribution in [-0.4, -0.2) is 24.2 Å². The van der Waals surface area contributed by atoms with Crippen LogP contribution < -0.4 is 10.6 Å². The Kier molecular flexibility index (Phi) is 4.08. The molecule has 0 atom stereocenters. The zero-order valence-electron chi connectivity index (χ0n) is 12.6. The number of nitrogens with zero attached hydrogens (tertiary/aromatic N) is 1. The average molecular weight is 271 g/mol. The molecule has 1 fully saturated rings. The molecule has 0 unspecified atom stereocenters. The van der Waals surface area contributed by atoms with Crippen LogP contribution in [0.5, 0.6) is 0 Å². The topological polar surface area (TPSA) is 29.0 Å². The molecule has 3 heteroatoms. The Morgan fingerprint density at radius 3 is 2.90 bits per heavy atom. The van der Waals surface area contributed by atoms with Gasteiger partial charge in [0.25, 0.3) is 0 Å². The van der Waals surface area contributed by atoms with Gasteiger partial charge in [-0.2, -0.15) is 0 Å². The van der Waals surface area contributed by atoms with Crippen molar-refractivity contribution in [1.29, 1.82) is 0 Å². The Labute approximate surface area is 121 Å². The van der Waals surface area contributed by atoms with E-state index in [0.717, 1.165) is 19.0 Å². The van der Waals surface area contributed by atoms with Crippen molar-refractivity contribution < 1.29 is 0 Å². The molecule has 1 aliphatic rings. The minimum absolute atomic E-state index is 0.841. The van der Waals surface area contributed by atoms with Crippen molar-refractivity contribution in [2.75, 3.05) is 19.6 Å². The molecule has 108 valence electrons. The lowest BCUT2D eigenvalue weighted by Gasteiger charge is -2.22. The van der Waals surface area contributed by atoms with Crippen LogP contribution in [0.25, 0.3) is 10.9 Å². The molecule has 1 aliphatic heterocycles. The summed E-state index contributed by atoms with van der Waals surface area (Å²) in [5, 5.41) is 8.47. The Morgan fingerprint density at radius 1 is 1.30 bits per heavy atom. The van der Waals surface area contributed by atoms with Gasteiger partial charge in [0.1, 0.15) is 0 Å². The van der Waals surface area contributed by atoms with Crippen LogP contribution in [0.3, 0.4) is 0 Å². The van der Waals surface area contributed by atoms with E-state index < -0.39 is 0 Å². The van der Waals surface area contributed by atoms with Crippen molar-refractivity contribution >= 4 is 10.9 Å². The molecule has 0 radical (unpaired) electrons. The van der Waals surface area contributed by atoms with Gasteiger partial charge in [0.2, 0.25) is 0 Å². The van der Waals surface area contributed by atoms with Gasteiger partial charge in [0.05, 0.1) is 5.52 Å². The van der Waals surface area contributed by atoms with Crippen molar-refractivity contribution in [3.05, 3.63) is 35.5 Å². The van der Waals surface area contributed by atoms with Gasteiger partial charge in [-0.15, -0.1) is 0 Å². The number of hydrogen-bond donors (Lipinski definition) is 2. The number of para-hydroxylation sites is 1. The van der Waals surface area contributed by atoms with Gasteiger partial charge >= 0.3 is 0 Å². The molecule has 0 aliphatic carbocycles. The molecule has 1 aromatic carbocycles. The van der Waals surface area contributed by atoms with E-state index >= 15 is 0 Å². The molecule has 3 nitrogen and oxygen atoms in total. The molecule has 2 heterocycles. The SMILES string of the molecule is Cc1cccc2c(CNCC3CCNCC3)cn(C)c12. The first-order valence-corrected chi connectivity index (χ1v) is 7.70. The van der Waals surface area contributed by atoms with Crippen LogP contribution in [0.15, 0.2) is 24.4 Å². The largest absolute Gasteiger partial charge is 0.350 e. The Morgan fingerprint density at radius 2 is 2.10 bits per heavy atom. The lowest BCUT2D eigenvalue weighted by Crippen LogP contribution is -2.33. The van der Waals surface area contributed by atoms with E-state index in [4.69, 9.17) is 0 Å². The van der Waals surface area contributed by atoms with Gasteiger partial charge in [-0.3, -0.25) is 0 Å². The monoisotopic (exact) mass is 271 g/mol. The summed E-state index contributed by atoms with van der Waals surface area (Å²) in [5.74, 6) is 0.841. The fraction of sp³-hybridized carbons (Fsp3) is 0.529. The summed E-state index contributed by atoms with van der Waals surface area (Å²) in [5.41, 5.74) is 4.14. The van der Waals surface area contributed by atoms with Crippen LogP contribution in [0, 0.1) is 12.8 Å². The predicted octanol–water partition coefficient (Wildman–Crippen LogP) is 2.58. The van der Waals surface area contributed by atoms with Crippen molar-refractivity contribution in [3.63, 3.8) is 0 Å². The smallest absolute Gasteiger partial charge is 0.0510 e. The molecule has 0 saturated carbocycles. The summed E-state index contributed by atoms with van der Waals surface area (Å²) in [4.78, 5) is 0. The maximum absolute atomic E-state index is 3.66. The molecule has 20 heavy (non-hydrogen) atoms. The second-order valence-corrected chi connectivity index (χ2v) is 6.06. The first-order chi connectivity index (χ1) is 9.75. The van der Waals surface area contributed by atoms with Crippen molar-refractivity contribution in [1.82, 2.24) is 15.2 Å². The highest BCUT2D eigenvalue weighted by Crippen LogP contribution is 2.23. The van der Waals surface area contributed by atoms with E-state index in [2.05, 4.69) is 53.6 Å². The van der Waals surface area contributed by atoms with E-state index in [-0.39, 0.29) is 0 Å². The molecule has 0 spiro atoms. The van der Waals surface area contributed by atoms with Gasteiger partial charge in [0, 0.05) is 25.2 Å². The summed E-state index contributed by atoms with van der Waals surface area (Å²) in [6.45, 7) is 6.67. The minimum Gasteiger partial charge on any atom is -0.350 e. The first-order valence-electron chi connectivity index (χ1n) is 7.70. The van der Waals surface area contributed by atoms with E-state index in [1.807, 2.05) is 0 Å². The number of hydrogen-bond acceptors (Lipinski definition) is 2. The average Bonchev–Trinajstić information content (AvgIpc) is 2.78. The third-order valence-corrected chi connectivity index (χ3v) is 4.49. The highest BCUT2D eigenvalue weighted by molar-refractivity contribution is 5.86. The quantitative estimate of drug-likeness (QED) is 0.895. The molecule has 2 N–H and O–H groups in total. The van der Waals surface area contributed by atoms with E-state index in [1.54, 1.807) is 0 Å². The zero-order valence-corrected chi connectivity index (χ0v) is 12.6. The lowest BCUT2D eigenvalue weighted by molar-refractivity contribution is 0.356. The fourth-order valence-electron chi connectivity index (χ4n) is 3.39. The number of fused-ring (bicyclic) bond motifs is 1. The van der Waals surface area contributed by atoms with Gasteiger partial charge in [-0.05, 0) is 56.4 Å². The summed E-state index contributed by atoms with van der Waals surface area (Å²) < 4.78 is 2.26. The standard InChI is InChI=1S/C17H25N3/c1-13-4-3-5-16-15(12-20(2)17(13)16)11-19-10-14-6-8-18-9-7-14/h3-5,12,14,18-19H,6-11H2,1-2H3. The third kappa shape index (κ3) is 2.74. The molecule has 2 aromatic rings. The van der Waals surface area contributed by atoms with E-state index in [1.165, 1.54) is 48.0 Å². The van der Waals surface area contributed by atoms with Crippen molar-refractivity contribution in [2.24, 2.45) is 13.0 Å².